The van der Waals surface area contributed by atoms with Gasteiger partial charge in [0, 0.05) is 17.9 Å². The van der Waals surface area contributed by atoms with E-state index in [1.54, 1.807) is 12.1 Å². The first kappa shape index (κ1) is 20.2. The number of nitrogens with zero attached hydrogens (tertiary/aromatic N) is 1. The van der Waals surface area contributed by atoms with E-state index in [1.807, 2.05) is 13.8 Å². The van der Waals surface area contributed by atoms with Crippen LogP contribution in [-0.4, -0.2) is 29.6 Å². The van der Waals surface area contributed by atoms with E-state index >= 15 is 0 Å². The average Bonchev–Trinajstić information content (AvgIpc) is 2.90. The van der Waals surface area contributed by atoms with Gasteiger partial charge < -0.3 is 14.6 Å². The smallest absolute Gasteiger partial charge is 0.422 e. The Bertz CT molecular complexity index is 710. The number of amides is 1. The largest absolute Gasteiger partial charge is 0.484 e. The molecule has 0 radical (unpaired) electrons. The molecule has 142 valence electrons. The molecule has 0 fully saturated rings. The minimum Gasteiger partial charge on any atom is -0.484 e. The molecule has 1 N–H and O–H groups in total. The zero-order valence-corrected chi connectivity index (χ0v) is 15.2. The molecule has 1 amide bonds. The van der Waals surface area contributed by atoms with Crippen molar-refractivity contribution in [3.05, 3.63) is 46.8 Å². The first-order chi connectivity index (χ1) is 12.2. The number of hydrogen-bond donors (Lipinski definition) is 1. The minimum atomic E-state index is -4.37. The summed E-state index contributed by atoms with van der Waals surface area (Å²) in [6, 6.07) is 6.12. The highest BCUT2D eigenvalue weighted by Crippen LogP contribution is 2.20. The summed E-state index contributed by atoms with van der Waals surface area (Å²) in [6.45, 7) is 2.66. The maximum Gasteiger partial charge on any atom is 0.422 e. The van der Waals surface area contributed by atoms with Crippen LogP contribution in [0.15, 0.2) is 28.8 Å². The number of nitrogens with one attached hydrogen (secondary N) is 1. The van der Waals surface area contributed by atoms with E-state index in [4.69, 9.17) is 4.52 Å². The van der Waals surface area contributed by atoms with Gasteiger partial charge in [0.05, 0.1) is 11.4 Å². The topological polar surface area (TPSA) is 64.4 Å². The Balaban J connectivity index is 1.70. The molecule has 0 atom stereocenters. The molecule has 2 rings (SSSR count). The van der Waals surface area contributed by atoms with Crippen LogP contribution in [0.4, 0.5) is 13.2 Å². The van der Waals surface area contributed by atoms with Crippen LogP contribution < -0.4 is 10.1 Å². The fraction of sp³-hybridized carbons (Fsp3) is 0.412. The van der Waals surface area contributed by atoms with Crippen molar-refractivity contribution in [1.29, 1.82) is 0 Å². The van der Waals surface area contributed by atoms with Crippen molar-refractivity contribution in [3.63, 3.8) is 0 Å². The molecule has 1 aromatic carbocycles. The molecule has 0 unspecified atom stereocenters. The lowest BCUT2D eigenvalue weighted by Gasteiger charge is -2.10. The predicted molar refractivity (Wildman–Crippen MR) is 92.0 cm³/mol. The Hall–Kier alpha value is -2.16. The van der Waals surface area contributed by atoms with E-state index in [2.05, 4.69) is 15.2 Å². The summed E-state index contributed by atoms with van der Waals surface area (Å²) in [5.41, 5.74) is 2.59. The maximum absolute atomic E-state index is 12.1. The summed E-state index contributed by atoms with van der Waals surface area (Å²) < 4.78 is 45.9. The van der Waals surface area contributed by atoms with Crippen LogP contribution >= 0.6 is 11.8 Å². The zero-order valence-electron chi connectivity index (χ0n) is 14.4. The number of rotatable bonds is 8. The molecule has 26 heavy (non-hydrogen) atoms. The summed E-state index contributed by atoms with van der Waals surface area (Å²) in [6.07, 6.45) is -4.37. The first-order valence-electron chi connectivity index (χ1n) is 7.79. The molecule has 2 aromatic rings. The number of aryl methyl sites for hydroxylation is 2. The molecule has 0 aliphatic rings. The number of halogens is 3. The van der Waals surface area contributed by atoms with Gasteiger partial charge >= 0.3 is 6.18 Å². The number of aromatic nitrogens is 1. The monoisotopic (exact) mass is 388 g/mol. The minimum absolute atomic E-state index is 0.126. The summed E-state index contributed by atoms with van der Waals surface area (Å²) in [5.74, 6) is 1.69. The molecule has 0 saturated carbocycles. The number of thioether (sulfide) groups is 1. The number of ether oxygens (including phenoxy) is 1. The number of carbonyl (C=O) groups excluding carboxylic acids is 1. The van der Waals surface area contributed by atoms with Gasteiger partial charge in [-0.1, -0.05) is 17.3 Å². The Morgan fingerprint density at radius 2 is 1.96 bits per heavy atom. The fourth-order valence-corrected chi connectivity index (χ4v) is 3.08. The van der Waals surface area contributed by atoms with Gasteiger partial charge in [-0.3, -0.25) is 4.79 Å². The van der Waals surface area contributed by atoms with Crippen molar-refractivity contribution in [1.82, 2.24) is 10.5 Å². The molecule has 0 aliphatic carbocycles. The fourth-order valence-electron chi connectivity index (χ4n) is 2.07. The van der Waals surface area contributed by atoms with Crippen LogP contribution in [0.5, 0.6) is 5.75 Å². The lowest BCUT2D eigenvalue weighted by molar-refractivity contribution is -0.153. The van der Waals surface area contributed by atoms with Crippen molar-refractivity contribution >= 4 is 17.7 Å². The quantitative estimate of drug-likeness (QED) is 0.746. The van der Waals surface area contributed by atoms with Crippen molar-refractivity contribution in [2.45, 2.75) is 32.3 Å². The number of alkyl halides is 3. The van der Waals surface area contributed by atoms with E-state index < -0.39 is 12.8 Å². The highest BCUT2D eigenvalue weighted by molar-refractivity contribution is 7.99. The molecule has 0 spiro atoms. The third-order valence-corrected chi connectivity index (χ3v) is 4.44. The molecule has 0 bridgehead atoms. The Kier molecular flexibility index (Phi) is 6.96. The van der Waals surface area contributed by atoms with Gasteiger partial charge in [0.25, 0.3) is 0 Å². The van der Waals surface area contributed by atoms with Gasteiger partial charge in [0.15, 0.2) is 6.61 Å². The van der Waals surface area contributed by atoms with Crippen LogP contribution in [0.2, 0.25) is 0 Å². The number of carbonyl (C=O) groups is 1. The third kappa shape index (κ3) is 6.62. The van der Waals surface area contributed by atoms with E-state index in [0.29, 0.717) is 12.3 Å². The van der Waals surface area contributed by atoms with Gasteiger partial charge in [0.2, 0.25) is 5.91 Å². The van der Waals surface area contributed by atoms with Crippen molar-refractivity contribution < 1.29 is 27.2 Å². The van der Waals surface area contributed by atoms with E-state index in [1.165, 1.54) is 23.9 Å². The van der Waals surface area contributed by atoms with Crippen molar-refractivity contribution in [2.24, 2.45) is 0 Å². The normalized spacial score (nSPS) is 11.4. The highest BCUT2D eigenvalue weighted by atomic mass is 32.2. The first-order valence-corrected chi connectivity index (χ1v) is 8.95. The lowest BCUT2D eigenvalue weighted by atomic mass is 10.2. The van der Waals surface area contributed by atoms with Gasteiger partial charge in [-0.05, 0) is 31.5 Å². The molecule has 5 nitrogen and oxygen atoms in total. The van der Waals surface area contributed by atoms with Crippen LogP contribution in [0, 0.1) is 13.8 Å². The predicted octanol–water partition coefficient (Wildman–Crippen LogP) is 3.78. The Labute approximate surface area is 153 Å². The third-order valence-electron chi connectivity index (χ3n) is 3.48. The number of hydrogen-bond acceptors (Lipinski definition) is 5. The van der Waals surface area contributed by atoms with Gasteiger partial charge in [-0.15, -0.1) is 11.8 Å². The van der Waals surface area contributed by atoms with Gasteiger partial charge in [-0.2, -0.15) is 13.2 Å². The molecule has 0 saturated heterocycles. The lowest BCUT2D eigenvalue weighted by Crippen LogP contribution is -2.24. The summed E-state index contributed by atoms with van der Waals surface area (Å²) in [7, 11) is 0. The molecular formula is C17H19F3N2O3S. The Morgan fingerprint density at radius 1 is 1.27 bits per heavy atom. The summed E-state index contributed by atoms with van der Waals surface area (Å²) >= 11 is 1.46. The second kappa shape index (κ2) is 8.98. The molecule has 1 aromatic heterocycles. The maximum atomic E-state index is 12.1. The van der Waals surface area contributed by atoms with Crippen molar-refractivity contribution in [3.8, 4) is 5.75 Å². The molecule has 0 aliphatic heterocycles. The number of benzene rings is 1. The van der Waals surface area contributed by atoms with Gasteiger partial charge in [-0.25, -0.2) is 0 Å². The average molecular weight is 388 g/mol. The van der Waals surface area contributed by atoms with E-state index in [0.717, 1.165) is 22.6 Å². The highest BCUT2D eigenvalue weighted by Gasteiger charge is 2.28. The van der Waals surface area contributed by atoms with E-state index in [-0.39, 0.29) is 17.4 Å². The molecular weight excluding hydrogens is 369 g/mol. The standard InChI is InChI=1S/C17H19F3N2O3S/c1-11-15(12(2)25-22-11)8-26-9-16(23)21-7-13-3-5-14(6-4-13)24-10-17(18,19)20/h3-6H,7-10H2,1-2H3,(H,21,23). The second-order valence-electron chi connectivity index (χ2n) is 5.62. The Morgan fingerprint density at radius 3 is 2.54 bits per heavy atom. The summed E-state index contributed by atoms with van der Waals surface area (Å²) in [4.78, 5) is 11.9. The van der Waals surface area contributed by atoms with Crippen LogP contribution in [0.25, 0.3) is 0 Å². The van der Waals surface area contributed by atoms with Crippen LogP contribution in [-0.2, 0) is 17.1 Å². The van der Waals surface area contributed by atoms with Gasteiger partial charge in [0.1, 0.15) is 11.5 Å². The summed E-state index contributed by atoms with van der Waals surface area (Å²) in [5, 5.41) is 6.63. The van der Waals surface area contributed by atoms with E-state index in [9.17, 15) is 18.0 Å². The molecule has 1 heterocycles. The second-order valence-corrected chi connectivity index (χ2v) is 6.61. The zero-order chi connectivity index (χ0) is 19.2. The van der Waals surface area contributed by atoms with Crippen LogP contribution in [0.1, 0.15) is 22.6 Å². The molecule has 9 heteroatoms. The van der Waals surface area contributed by atoms with Crippen LogP contribution in [0.3, 0.4) is 0 Å². The van der Waals surface area contributed by atoms with Crippen molar-refractivity contribution in [2.75, 3.05) is 12.4 Å². The SMILES string of the molecule is Cc1noc(C)c1CSCC(=O)NCc1ccc(OCC(F)(F)F)cc1.